The van der Waals surface area contributed by atoms with Crippen LogP contribution in [0.25, 0.3) is 10.8 Å². The maximum Gasteiger partial charge on any atom is 0.339 e. The summed E-state index contributed by atoms with van der Waals surface area (Å²) in [6, 6.07) is 17.1. The number of hydrogen-bond acceptors (Lipinski definition) is 4. The van der Waals surface area contributed by atoms with Gasteiger partial charge in [-0.3, -0.25) is 0 Å². The van der Waals surface area contributed by atoms with Gasteiger partial charge in [0.15, 0.2) is 11.5 Å². The number of esters is 1. The molecule has 0 amide bonds. The Balaban J connectivity index is 1.69. The zero-order valence-corrected chi connectivity index (χ0v) is 17.6. The Bertz CT molecular complexity index is 1010. The Labute approximate surface area is 173 Å². The van der Waals surface area contributed by atoms with Crippen LogP contribution in [0.5, 0.6) is 11.5 Å². The van der Waals surface area contributed by atoms with Crippen LogP contribution in [0.2, 0.25) is 0 Å². The predicted octanol–water partition coefficient (Wildman–Crippen LogP) is 6.01. The van der Waals surface area contributed by atoms with Gasteiger partial charge in [0, 0.05) is 10.0 Å². The van der Waals surface area contributed by atoms with Crippen molar-refractivity contribution in [3.63, 3.8) is 0 Å². The van der Waals surface area contributed by atoms with E-state index < -0.39 is 6.10 Å². The van der Waals surface area contributed by atoms with E-state index >= 15 is 0 Å². The SMILES string of the molecule is C[C@@H](Br)[C@H](OC(=O)c1cccc2ccccc12)c1cc2c(cc1Br)OCO2. The third-order valence-corrected chi connectivity index (χ3v) is 5.63. The van der Waals surface area contributed by atoms with Crippen LogP contribution < -0.4 is 9.47 Å². The summed E-state index contributed by atoms with van der Waals surface area (Å²) in [5, 5.41) is 1.87. The molecule has 0 unspecified atom stereocenters. The summed E-state index contributed by atoms with van der Waals surface area (Å²) < 4.78 is 17.6. The van der Waals surface area contributed by atoms with Crippen molar-refractivity contribution in [1.82, 2.24) is 0 Å². The van der Waals surface area contributed by atoms with Crippen LogP contribution in [-0.4, -0.2) is 17.6 Å². The van der Waals surface area contributed by atoms with E-state index in [1.807, 2.05) is 55.5 Å². The van der Waals surface area contributed by atoms with Crippen LogP contribution in [0.1, 0.15) is 28.9 Å². The molecule has 2 atom stereocenters. The lowest BCUT2D eigenvalue weighted by atomic mass is 10.0. The van der Waals surface area contributed by atoms with Crippen LogP contribution in [0.15, 0.2) is 59.1 Å². The summed E-state index contributed by atoms with van der Waals surface area (Å²) in [4.78, 5) is 12.9. The molecule has 0 bridgehead atoms. The highest BCUT2D eigenvalue weighted by atomic mass is 79.9. The molecule has 4 nitrogen and oxygen atoms in total. The predicted molar refractivity (Wildman–Crippen MR) is 111 cm³/mol. The monoisotopic (exact) mass is 490 g/mol. The Morgan fingerprint density at radius 1 is 1.07 bits per heavy atom. The van der Waals surface area contributed by atoms with Gasteiger partial charge in [-0.05, 0) is 35.9 Å². The fourth-order valence-electron chi connectivity index (χ4n) is 3.14. The average molecular weight is 492 g/mol. The zero-order valence-electron chi connectivity index (χ0n) is 14.4. The first kappa shape index (κ1) is 18.3. The number of fused-ring (bicyclic) bond motifs is 2. The first-order chi connectivity index (χ1) is 13.0. The highest BCUT2D eigenvalue weighted by molar-refractivity contribution is 9.10. The Morgan fingerprint density at radius 2 is 1.78 bits per heavy atom. The lowest BCUT2D eigenvalue weighted by Gasteiger charge is -2.22. The van der Waals surface area contributed by atoms with Gasteiger partial charge in [0.1, 0.15) is 6.10 Å². The molecule has 3 aromatic carbocycles. The highest BCUT2D eigenvalue weighted by Crippen LogP contribution is 2.42. The third-order valence-electron chi connectivity index (χ3n) is 4.46. The minimum Gasteiger partial charge on any atom is -0.454 e. The van der Waals surface area contributed by atoms with Gasteiger partial charge in [0.25, 0.3) is 0 Å². The van der Waals surface area contributed by atoms with E-state index in [1.165, 1.54) is 0 Å². The Kier molecular flexibility index (Phi) is 5.10. The van der Waals surface area contributed by atoms with Crippen molar-refractivity contribution >= 4 is 48.6 Å². The lowest BCUT2D eigenvalue weighted by Crippen LogP contribution is -2.18. The highest BCUT2D eigenvalue weighted by Gasteiger charge is 2.28. The number of carbonyl (C=O) groups excluding carboxylic acids is 1. The standard InChI is InChI=1S/C21H16Br2O4/c1-12(22)20(16-9-18-19(10-17(16)23)26-11-25-18)27-21(24)15-8-4-6-13-5-2-3-7-14(13)15/h2-10,12,20H,11H2,1H3/t12-,20+/m1/s1. The molecule has 0 aromatic heterocycles. The van der Waals surface area contributed by atoms with E-state index in [0.29, 0.717) is 17.1 Å². The quantitative estimate of drug-likeness (QED) is 0.331. The normalized spacial score (nSPS) is 14.8. The molecule has 0 aliphatic carbocycles. The second-order valence-corrected chi connectivity index (χ2v) is 8.56. The van der Waals surface area contributed by atoms with Crippen LogP contribution >= 0.6 is 31.9 Å². The number of ether oxygens (including phenoxy) is 3. The van der Waals surface area contributed by atoms with E-state index in [4.69, 9.17) is 14.2 Å². The second-order valence-electron chi connectivity index (χ2n) is 6.26. The summed E-state index contributed by atoms with van der Waals surface area (Å²) in [6.45, 7) is 2.13. The first-order valence-electron chi connectivity index (χ1n) is 8.46. The van der Waals surface area contributed by atoms with Gasteiger partial charge >= 0.3 is 5.97 Å². The first-order valence-corrected chi connectivity index (χ1v) is 10.2. The van der Waals surface area contributed by atoms with Crippen molar-refractivity contribution in [2.24, 2.45) is 0 Å². The molecule has 138 valence electrons. The van der Waals surface area contributed by atoms with Gasteiger partial charge in [0.05, 0.1) is 10.4 Å². The zero-order chi connectivity index (χ0) is 19.0. The molecule has 0 spiro atoms. The molecule has 27 heavy (non-hydrogen) atoms. The molecule has 0 saturated carbocycles. The molecule has 1 aliphatic rings. The maximum absolute atomic E-state index is 13.0. The van der Waals surface area contributed by atoms with Crippen molar-refractivity contribution in [2.75, 3.05) is 6.79 Å². The van der Waals surface area contributed by atoms with Gasteiger partial charge in [-0.2, -0.15) is 0 Å². The van der Waals surface area contributed by atoms with Gasteiger partial charge in [0.2, 0.25) is 6.79 Å². The van der Waals surface area contributed by atoms with Gasteiger partial charge in [-0.25, -0.2) is 4.79 Å². The fourth-order valence-corrected chi connectivity index (χ4v) is 4.08. The van der Waals surface area contributed by atoms with E-state index in [2.05, 4.69) is 31.9 Å². The Hall–Kier alpha value is -2.05. The van der Waals surface area contributed by atoms with Crippen molar-refractivity contribution in [3.8, 4) is 11.5 Å². The Morgan fingerprint density at radius 3 is 2.56 bits per heavy atom. The minimum atomic E-state index is -0.500. The lowest BCUT2D eigenvalue weighted by molar-refractivity contribution is 0.0305. The average Bonchev–Trinajstić information content (AvgIpc) is 3.12. The molecule has 1 heterocycles. The molecule has 0 fully saturated rings. The number of rotatable bonds is 4. The van der Waals surface area contributed by atoms with Crippen LogP contribution in [0, 0.1) is 0 Å². The van der Waals surface area contributed by atoms with Crippen molar-refractivity contribution < 1.29 is 19.0 Å². The maximum atomic E-state index is 13.0. The summed E-state index contributed by atoms with van der Waals surface area (Å²) >= 11 is 7.13. The molecule has 6 heteroatoms. The molecule has 0 saturated heterocycles. The summed E-state index contributed by atoms with van der Waals surface area (Å²) in [5.41, 5.74) is 1.36. The number of benzene rings is 3. The molecule has 1 aliphatic heterocycles. The molecule has 0 N–H and O–H groups in total. The van der Waals surface area contributed by atoms with Crippen molar-refractivity contribution in [2.45, 2.75) is 17.9 Å². The van der Waals surface area contributed by atoms with E-state index in [-0.39, 0.29) is 17.6 Å². The van der Waals surface area contributed by atoms with Crippen LogP contribution in [0.4, 0.5) is 0 Å². The summed E-state index contributed by atoms with van der Waals surface area (Å²) in [7, 11) is 0. The molecular formula is C21H16Br2O4. The number of hydrogen-bond donors (Lipinski definition) is 0. The van der Waals surface area contributed by atoms with E-state index in [1.54, 1.807) is 6.07 Å². The van der Waals surface area contributed by atoms with Gasteiger partial charge < -0.3 is 14.2 Å². The molecule has 3 aromatic rings. The largest absolute Gasteiger partial charge is 0.454 e. The smallest absolute Gasteiger partial charge is 0.339 e. The van der Waals surface area contributed by atoms with E-state index in [0.717, 1.165) is 20.8 Å². The summed E-state index contributed by atoms with van der Waals surface area (Å²) in [5.74, 6) is 0.951. The number of halogens is 2. The van der Waals surface area contributed by atoms with Crippen LogP contribution in [-0.2, 0) is 4.74 Å². The third kappa shape index (κ3) is 3.56. The topological polar surface area (TPSA) is 44.8 Å². The fraction of sp³-hybridized carbons (Fsp3) is 0.190. The number of alkyl halides is 1. The molecule has 4 rings (SSSR count). The van der Waals surface area contributed by atoms with Crippen LogP contribution in [0.3, 0.4) is 0 Å². The molecular weight excluding hydrogens is 476 g/mol. The second kappa shape index (κ2) is 7.52. The van der Waals surface area contributed by atoms with Crippen molar-refractivity contribution in [1.29, 1.82) is 0 Å². The molecule has 0 radical (unpaired) electrons. The van der Waals surface area contributed by atoms with E-state index in [9.17, 15) is 4.79 Å². The summed E-state index contributed by atoms with van der Waals surface area (Å²) in [6.07, 6.45) is -0.500. The minimum absolute atomic E-state index is 0.104. The van der Waals surface area contributed by atoms with Gasteiger partial charge in [-0.15, -0.1) is 0 Å². The van der Waals surface area contributed by atoms with Crippen molar-refractivity contribution in [3.05, 3.63) is 70.2 Å². The number of carbonyl (C=O) groups is 1. The van der Waals surface area contributed by atoms with Gasteiger partial charge in [-0.1, -0.05) is 68.3 Å².